The Bertz CT molecular complexity index is 518. The molecule has 2 N–H and O–H groups in total. The van der Waals surface area contributed by atoms with Crippen LogP contribution in [0.25, 0.3) is 0 Å². The van der Waals surface area contributed by atoms with Gasteiger partial charge in [-0.3, -0.25) is 0 Å². The van der Waals surface area contributed by atoms with Gasteiger partial charge in [0.1, 0.15) is 30.2 Å². The Balaban J connectivity index is 1.65. The average molecular weight is 340 g/mol. The maximum absolute atomic E-state index is 10.3. The van der Waals surface area contributed by atoms with Crippen molar-refractivity contribution >= 4 is 0 Å². The van der Waals surface area contributed by atoms with Gasteiger partial charge in [0.05, 0.1) is 13.2 Å². The monoisotopic (exact) mass is 340 g/mol. The molecule has 2 fully saturated rings. The van der Waals surface area contributed by atoms with Crippen molar-refractivity contribution in [3.8, 4) is 5.75 Å². The van der Waals surface area contributed by atoms with Gasteiger partial charge in [0, 0.05) is 12.7 Å². The van der Waals surface area contributed by atoms with Crippen molar-refractivity contribution in [2.24, 2.45) is 0 Å². The van der Waals surface area contributed by atoms with Gasteiger partial charge < -0.3 is 33.9 Å². The molecule has 0 aromatic heterocycles. The van der Waals surface area contributed by atoms with Gasteiger partial charge in [-0.25, -0.2) is 0 Å². The smallest absolute Gasteiger partial charge is 0.186 e. The molecule has 0 saturated carbocycles. The molecule has 2 aliphatic rings. The van der Waals surface area contributed by atoms with Crippen LogP contribution in [0.3, 0.4) is 0 Å². The van der Waals surface area contributed by atoms with E-state index in [0.717, 1.165) is 17.7 Å². The molecule has 2 saturated heterocycles. The Morgan fingerprint density at radius 1 is 1.12 bits per heavy atom. The zero-order valence-corrected chi connectivity index (χ0v) is 13.8. The molecular weight excluding hydrogens is 316 g/mol. The van der Waals surface area contributed by atoms with E-state index in [-0.39, 0.29) is 6.61 Å². The van der Waals surface area contributed by atoms with Gasteiger partial charge in [-0.05, 0) is 18.6 Å². The lowest BCUT2D eigenvalue weighted by atomic mass is 9.98. The van der Waals surface area contributed by atoms with E-state index in [4.69, 9.17) is 23.7 Å². The van der Waals surface area contributed by atoms with Crippen molar-refractivity contribution < 1.29 is 33.9 Å². The van der Waals surface area contributed by atoms with Crippen molar-refractivity contribution in [3.05, 3.63) is 29.8 Å². The number of fused-ring (bicyclic) bond motifs is 1. The number of aliphatic hydroxyl groups is 2. The molecular formula is C17H24O7. The number of hydrogen-bond acceptors (Lipinski definition) is 7. The van der Waals surface area contributed by atoms with Crippen LogP contribution in [-0.2, 0) is 18.9 Å². The van der Waals surface area contributed by atoms with Crippen LogP contribution in [0.1, 0.15) is 25.2 Å². The number of hydrogen-bond donors (Lipinski definition) is 2. The van der Waals surface area contributed by atoms with Gasteiger partial charge in [-0.2, -0.15) is 0 Å². The number of benzene rings is 1. The van der Waals surface area contributed by atoms with Crippen LogP contribution in [-0.4, -0.2) is 61.2 Å². The fourth-order valence-corrected chi connectivity index (χ4v) is 2.88. The van der Waals surface area contributed by atoms with Crippen LogP contribution in [0, 0.1) is 0 Å². The quantitative estimate of drug-likeness (QED) is 0.826. The Morgan fingerprint density at radius 3 is 2.54 bits per heavy atom. The van der Waals surface area contributed by atoms with Gasteiger partial charge in [-0.1, -0.05) is 19.1 Å². The molecule has 0 spiro atoms. The fraction of sp³-hybridized carbons (Fsp3) is 0.647. The minimum Gasteiger partial charge on any atom is -0.494 e. The highest BCUT2D eigenvalue weighted by Crippen LogP contribution is 2.34. The van der Waals surface area contributed by atoms with E-state index in [2.05, 4.69) is 6.92 Å². The first-order valence-corrected chi connectivity index (χ1v) is 8.18. The summed E-state index contributed by atoms with van der Waals surface area (Å²) in [5.74, 6) is 0.786. The van der Waals surface area contributed by atoms with E-state index >= 15 is 0 Å². The molecule has 0 aliphatic carbocycles. The molecule has 3 rings (SSSR count). The third-order valence-electron chi connectivity index (χ3n) is 4.19. The topological polar surface area (TPSA) is 86.6 Å². The van der Waals surface area contributed by atoms with Crippen LogP contribution >= 0.6 is 0 Å². The molecule has 6 atom stereocenters. The highest BCUT2D eigenvalue weighted by Gasteiger charge is 2.48. The number of ether oxygens (including phenoxy) is 5. The van der Waals surface area contributed by atoms with E-state index in [0.29, 0.717) is 6.61 Å². The van der Waals surface area contributed by atoms with Crippen molar-refractivity contribution in [1.29, 1.82) is 0 Å². The Hall–Kier alpha value is -1.22. The second-order valence-corrected chi connectivity index (χ2v) is 5.94. The van der Waals surface area contributed by atoms with E-state index in [1.807, 2.05) is 24.3 Å². The Labute approximate surface area is 141 Å². The molecule has 7 heteroatoms. The molecule has 134 valence electrons. The average Bonchev–Trinajstić information content (AvgIpc) is 2.63. The molecule has 1 aromatic carbocycles. The summed E-state index contributed by atoms with van der Waals surface area (Å²) in [5.41, 5.74) is 0.813. The normalized spacial score (nSPS) is 36.2. The van der Waals surface area contributed by atoms with Crippen LogP contribution in [0.2, 0.25) is 0 Å². The van der Waals surface area contributed by atoms with Crippen LogP contribution in [0.15, 0.2) is 24.3 Å². The zero-order valence-electron chi connectivity index (χ0n) is 13.8. The lowest BCUT2D eigenvalue weighted by Gasteiger charge is -2.45. The number of methoxy groups -OCH3 is 1. The standard InChI is InChI=1S/C17H24O7/c1-3-8-21-11-6-4-10(5-7-11)16-22-9-12-15(24-16)13(18)14(19)17(20-2)23-12/h4-7,12-19H,3,8-9H2,1-2H3/t12-,13-,14-,15-,16?,17+/m1/s1. The Morgan fingerprint density at radius 2 is 1.88 bits per heavy atom. The fourth-order valence-electron chi connectivity index (χ4n) is 2.88. The second-order valence-electron chi connectivity index (χ2n) is 5.94. The van der Waals surface area contributed by atoms with Gasteiger partial charge in [0.25, 0.3) is 0 Å². The van der Waals surface area contributed by atoms with Gasteiger partial charge >= 0.3 is 0 Å². The number of rotatable bonds is 5. The molecule has 1 aromatic rings. The summed E-state index contributed by atoms with van der Waals surface area (Å²) in [6, 6.07) is 7.43. The maximum atomic E-state index is 10.3. The van der Waals surface area contributed by atoms with Crippen molar-refractivity contribution in [2.45, 2.75) is 50.3 Å². The summed E-state index contributed by atoms with van der Waals surface area (Å²) in [7, 11) is 1.41. The van der Waals surface area contributed by atoms with Gasteiger partial charge in [0.2, 0.25) is 0 Å². The number of aliphatic hydroxyl groups excluding tert-OH is 2. The van der Waals surface area contributed by atoms with Crippen LogP contribution in [0.4, 0.5) is 0 Å². The first-order chi connectivity index (χ1) is 11.6. The predicted molar refractivity (Wildman–Crippen MR) is 83.5 cm³/mol. The lowest BCUT2D eigenvalue weighted by Crippen LogP contribution is -2.62. The van der Waals surface area contributed by atoms with Gasteiger partial charge in [-0.15, -0.1) is 0 Å². The van der Waals surface area contributed by atoms with Crippen LogP contribution < -0.4 is 4.74 Å². The van der Waals surface area contributed by atoms with E-state index < -0.39 is 37.0 Å². The first-order valence-electron chi connectivity index (χ1n) is 8.18. The molecule has 0 radical (unpaired) electrons. The predicted octanol–water partition coefficient (Wildman–Crippen LogP) is 0.982. The maximum Gasteiger partial charge on any atom is 0.186 e. The van der Waals surface area contributed by atoms with E-state index in [1.165, 1.54) is 7.11 Å². The molecule has 7 nitrogen and oxygen atoms in total. The minimum absolute atomic E-state index is 0.243. The summed E-state index contributed by atoms with van der Waals surface area (Å²) < 4.78 is 27.7. The van der Waals surface area contributed by atoms with Crippen molar-refractivity contribution in [3.63, 3.8) is 0 Å². The summed E-state index contributed by atoms with van der Waals surface area (Å²) in [4.78, 5) is 0. The van der Waals surface area contributed by atoms with E-state index in [9.17, 15) is 10.2 Å². The highest BCUT2D eigenvalue weighted by molar-refractivity contribution is 5.28. The first kappa shape index (κ1) is 17.6. The molecule has 1 unspecified atom stereocenters. The van der Waals surface area contributed by atoms with Crippen LogP contribution in [0.5, 0.6) is 5.75 Å². The molecule has 2 aliphatic heterocycles. The summed E-state index contributed by atoms with van der Waals surface area (Å²) in [6.07, 6.45) is -4.01. The molecule has 0 amide bonds. The lowest BCUT2D eigenvalue weighted by molar-refractivity contribution is -0.358. The second kappa shape index (κ2) is 7.77. The third-order valence-corrected chi connectivity index (χ3v) is 4.19. The molecule has 24 heavy (non-hydrogen) atoms. The molecule has 2 heterocycles. The summed E-state index contributed by atoms with van der Waals surface area (Å²) in [5, 5.41) is 20.3. The van der Waals surface area contributed by atoms with Crippen molar-refractivity contribution in [1.82, 2.24) is 0 Å². The summed E-state index contributed by atoms with van der Waals surface area (Å²) in [6.45, 7) is 2.96. The third kappa shape index (κ3) is 3.56. The van der Waals surface area contributed by atoms with Crippen molar-refractivity contribution in [2.75, 3.05) is 20.3 Å². The minimum atomic E-state index is -1.17. The Kier molecular flexibility index (Phi) is 5.70. The summed E-state index contributed by atoms with van der Waals surface area (Å²) >= 11 is 0. The highest BCUT2D eigenvalue weighted by atomic mass is 16.7. The SMILES string of the molecule is CCCOc1ccc(C2OC[C@H]3O[C@H](OC)[C@H](O)[C@@H](O)[C@@H]3O2)cc1. The largest absolute Gasteiger partial charge is 0.494 e. The zero-order chi connectivity index (χ0) is 17.1. The van der Waals surface area contributed by atoms with Gasteiger partial charge in [0.15, 0.2) is 12.6 Å². The van der Waals surface area contributed by atoms with E-state index in [1.54, 1.807) is 0 Å². The molecule has 0 bridgehead atoms.